The van der Waals surface area contributed by atoms with Crippen molar-refractivity contribution in [3.63, 3.8) is 0 Å². The molecule has 110 valence electrons. The fourth-order valence-corrected chi connectivity index (χ4v) is 2.72. The van der Waals surface area contributed by atoms with E-state index >= 15 is 0 Å². The Labute approximate surface area is 126 Å². The molecule has 2 aromatic carbocycles. The number of para-hydroxylation sites is 1. The molecule has 0 amide bonds. The van der Waals surface area contributed by atoms with E-state index in [0.29, 0.717) is 11.5 Å². The average Bonchev–Trinajstić information content (AvgIpc) is 2.46. The van der Waals surface area contributed by atoms with Crippen molar-refractivity contribution in [1.29, 1.82) is 0 Å². The maximum absolute atomic E-state index is 11.7. The first kappa shape index (κ1) is 15.3. The fraction of sp³-hybridized carbons (Fsp3) is 0.0714. The predicted octanol–water partition coefficient (Wildman–Crippen LogP) is 3.19. The Kier molecular flexibility index (Phi) is 4.50. The summed E-state index contributed by atoms with van der Waals surface area (Å²) in [6.07, 6.45) is 0. The lowest BCUT2D eigenvalue weighted by Gasteiger charge is -2.09. The molecule has 7 heteroatoms. The Bertz CT molecular complexity index is 756. The number of rotatable bonds is 4. The van der Waals surface area contributed by atoms with E-state index in [4.69, 9.17) is 15.4 Å². The summed E-state index contributed by atoms with van der Waals surface area (Å²) in [6.45, 7) is 0. The monoisotopic (exact) mass is 326 g/mol. The third-order valence-corrected chi connectivity index (χ3v) is 3.98. The van der Waals surface area contributed by atoms with Crippen LogP contribution in [-0.4, -0.2) is 21.5 Å². The number of esters is 1. The van der Waals surface area contributed by atoms with E-state index in [-0.39, 0.29) is 10.5 Å². The molecule has 5 nitrogen and oxygen atoms in total. The molecule has 0 saturated carbocycles. The van der Waals surface area contributed by atoms with Gasteiger partial charge in [-0.05, 0) is 30.3 Å². The molecule has 0 atom stereocenters. The lowest BCUT2D eigenvalue weighted by Crippen LogP contribution is -2.07. The summed E-state index contributed by atoms with van der Waals surface area (Å²) in [5, 5.41) is 0. The minimum atomic E-state index is -4.06. The van der Waals surface area contributed by atoms with Crippen molar-refractivity contribution in [3.8, 4) is 11.5 Å². The Balaban J connectivity index is 2.45. The quantitative estimate of drug-likeness (QED) is 0.637. The SMILES string of the molecule is COC(=O)c1cc(Oc2ccccc2)ccc1S(=O)(=O)Cl. The third kappa shape index (κ3) is 3.74. The first-order valence-electron chi connectivity index (χ1n) is 5.82. The summed E-state index contributed by atoms with van der Waals surface area (Å²) in [5.41, 5.74) is -0.180. The number of hydrogen-bond acceptors (Lipinski definition) is 5. The molecule has 21 heavy (non-hydrogen) atoms. The number of carbonyl (C=O) groups is 1. The topological polar surface area (TPSA) is 69.7 Å². The van der Waals surface area contributed by atoms with Crippen molar-refractivity contribution < 1.29 is 22.7 Å². The van der Waals surface area contributed by atoms with E-state index in [2.05, 4.69) is 4.74 Å². The maximum atomic E-state index is 11.7. The highest BCUT2D eigenvalue weighted by Crippen LogP contribution is 2.28. The molecule has 2 rings (SSSR count). The van der Waals surface area contributed by atoms with Gasteiger partial charge in [0.2, 0.25) is 0 Å². The number of halogens is 1. The van der Waals surface area contributed by atoms with Gasteiger partial charge >= 0.3 is 5.97 Å². The van der Waals surface area contributed by atoms with Crippen molar-refractivity contribution in [2.75, 3.05) is 7.11 Å². The van der Waals surface area contributed by atoms with Gasteiger partial charge in [-0.3, -0.25) is 0 Å². The summed E-state index contributed by atoms with van der Waals surface area (Å²) < 4.78 is 33.0. The third-order valence-electron chi connectivity index (χ3n) is 2.60. The van der Waals surface area contributed by atoms with E-state index in [0.717, 1.165) is 7.11 Å². The van der Waals surface area contributed by atoms with Crippen molar-refractivity contribution in [2.45, 2.75) is 4.90 Å². The molecule has 0 aliphatic rings. The van der Waals surface area contributed by atoms with Gasteiger partial charge in [0.15, 0.2) is 0 Å². The van der Waals surface area contributed by atoms with Gasteiger partial charge in [0.1, 0.15) is 11.5 Å². The molecule has 0 spiro atoms. The molecule has 2 aromatic rings. The molecule has 0 aromatic heterocycles. The van der Waals surface area contributed by atoms with E-state index < -0.39 is 15.0 Å². The lowest BCUT2D eigenvalue weighted by molar-refractivity contribution is 0.0596. The molecule has 0 bridgehead atoms. The van der Waals surface area contributed by atoms with Crippen LogP contribution in [0.1, 0.15) is 10.4 Å². The highest BCUT2D eigenvalue weighted by atomic mass is 35.7. The van der Waals surface area contributed by atoms with Crippen molar-refractivity contribution in [3.05, 3.63) is 54.1 Å². The van der Waals surface area contributed by atoms with Gasteiger partial charge < -0.3 is 9.47 Å². The van der Waals surface area contributed by atoms with E-state index in [9.17, 15) is 13.2 Å². The second-order valence-corrected chi connectivity index (χ2v) is 6.54. The summed E-state index contributed by atoms with van der Waals surface area (Å²) in [5.74, 6) is 0.0354. The predicted molar refractivity (Wildman–Crippen MR) is 77.3 cm³/mol. The van der Waals surface area contributed by atoms with E-state index in [1.54, 1.807) is 24.3 Å². The van der Waals surface area contributed by atoms with Gasteiger partial charge in [-0.25, -0.2) is 13.2 Å². The number of methoxy groups -OCH3 is 1. The van der Waals surface area contributed by atoms with Crippen LogP contribution in [0.5, 0.6) is 11.5 Å². The van der Waals surface area contributed by atoms with Gasteiger partial charge in [0.05, 0.1) is 17.6 Å². The van der Waals surface area contributed by atoms with Crippen LogP contribution in [0.3, 0.4) is 0 Å². The molecular formula is C14H11ClO5S. The van der Waals surface area contributed by atoms with Crippen LogP contribution in [0.2, 0.25) is 0 Å². The van der Waals surface area contributed by atoms with Crippen molar-refractivity contribution in [1.82, 2.24) is 0 Å². The van der Waals surface area contributed by atoms with Crippen LogP contribution in [0, 0.1) is 0 Å². The van der Waals surface area contributed by atoms with Crippen LogP contribution in [0.15, 0.2) is 53.4 Å². The number of hydrogen-bond donors (Lipinski definition) is 0. The van der Waals surface area contributed by atoms with Crippen LogP contribution >= 0.6 is 10.7 Å². The summed E-state index contributed by atoms with van der Waals surface area (Å²) >= 11 is 0. The zero-order valence-corrected chi connectivity index (χ0v) is 12.5. The van der Waals surface area contributed by atoms with Crippen molar-refractivity contribution >= 4 is 25.7 Å². The normalized spacial score (nSPS) is 11.0. The highest BCUT2D eigenvalue weighted by Gasteiger charge is 2.22. The number of benzene rings is 2. The first-order chi connectivity index (χ1) is 9.91. The smallest absolute Gasteiger partial charge is 0.339 e. The van der Waals surface area contributed by atoms with E-state index in [1.165, 1.54) is 18.2 Å². The second-order valence-electron chi connectivity index (χ2n) is 4.00. The van der Waals surface area contributed by atoms with E-state index in [1.807, 2.05) is 6.07 Å². The van der Waals surface area contributed by atoms with Crippen LogP contribution in [0.4, 0.5) is 0 Å². The van der Waals surface area contributed by atoms with Crippen LogP contribution in [-0.2, 0) is 13.8 Å². The minimum absolute atomic E-state index is 0.180. The van der Waals surface area contributed by atoms with Gasteiger partial charge in [-0.1, -0.05) is 18.2 Å². The molecule has 0 heterocycles. The Morgan fingerprint density at radius 2 is 1.71 bits per heavy atom. The fourth-order valence-electron chi connectivity index (χ4n) is 1.68. The molecule has 0 N–H and O–H groups in total. The Morgan fingerprint density at radius 1 is 1.05 bits per heavy atom. The molecule has 0 radical (unpaired) electrons. The zero-order chi connectivity index (χ0) is 15.5. The minimum Gasteiger partial charge on any atom is -0.465 e. The Morgan fingerprint density at radius 3 is 2.29 bits per heavy atom. The first-order valence-corrected chi connectivity index (χ1v) is 8.12. The standard InChI is InChI=1S/C14H11ClO5S/c1-19-14(16)12-9-11(7-8-13(12)21(15,17)18)20-10-5-3-2-4-6-10/h2-9H,1H3. The molecular weight excluding hydrogens is 316 g/mol. The maximum Gasteiger partial charge on any atom is 0.339 e. The van der Waals surface area contributed by atoms with Crippen LogP contribution in [0.25, 0.3) is 0 Å². The molecule has 0 saturated heterocycles. The number of carbonyl (C=O) groups excluding carboxylic acids is 1. The highest BCUT2D eigenvalue weighted by molar-refractivity contribution is 8.13. The molecule has 0 aliphatic carbocycles. The molecule has 0 fully saturated rings. The molecule has 0 unspecified atom stereocenters. The van der Waals surface area contributed by atoms with Gasteiger partial charge in [-0.2, -0.15) is 0 Å². The summed E-state index contributed by atoms with van der Waals surface area (Å²) in [4.78, 5) is 11.4. The van der Waals surface area contributed by atoms with Crippen molar-refractivity contribution in [2.24, 2.45) is 0 Å². The largest absolute Gasteiger partial charge is 0.465 e. The summed E-state index contributed by atoms with van der Waals surface area (Å²) in [6, 6.07) is 12.7. The lowest BCUT2D eigenvalue weighted by atomic mass is 10.2. The van der Waals surface area contributed by atoms with Gasteiger partial charge in [0, 0.05) is 10.7 Å². The summed E-state index contributed by atoms with van der Waals surface area (Å²) in [7, 11) is 2.39. The Hall–Kier alpha value is -2.05. The van der Waals surface area contributed by atoms with Gasteiger partial charge in [-0.15, -0.1) is 0 Å². The molecule has 0 aliphatic heterocycles. The second kappa shape index (κ2) is 6.15. The van der Waals surface area contributed by atoms with Crippen LogP contribution < -0.4 is 4.74 Å². The zero-order valence-electron chi connectivity index (χ0n) is 10.9. The average molecular weight is 327 g/mol. The van der Waals surface area contributed by atoms with Gasteiger partial charge in [0.25, 0.3) is 9.05 Å². The number of ether oxygens (including phenoxy) is 2.